The van der Waals surface area contributed by atoms with E-state index in [1.807, 2.05) is 0 Å². The Morgan fingerprint density at radius 3 is 2.73 bits per heavy atom. The number of carboxylic acid groups (broad SMARTS) is 1. The summed E-state index contributed by atoms with van der Waals surface area (Å²) in [6.45, 7) is 1.10. The first-order valence-electron chi connectivity index (χ1n) is 9.45. The lowest BCUT2D eigenvalue weighted by molar-refractivity contribution is -0.161. The van der Waals surface area contributed by atoms with Gasteiger partial charge in [-0.15, -0.1) is 0 Å². The Balaban J connectivity index is 1.64. The number of halogens is 3. The van der Waals surface area contributed by atoms with Crippen LogP contribution in [0.3, 0.4) is 0 Å². The summed E-state index contributed by atoms with van der Waals surface area (Å²) in [7, 11) is 0. The van der Waals surface area contributed by atoms with Crippen molar-refractivity contribution in [1.82, 2.24) is 0 Å². The SMILES string of the molecule is O=C(O)c1ccc(F)c(F)c1Nc1ccc(C#CCCOC2CCCCO2)cc1F. The molecule has 1 saturated heterocycles. The van der Waals surface area contributed by atoms with Crippen LogP contribution in [-0.2, 0) is 9.47 Å². The summed E-state index contributed by atoms with van der Waals surface area (Å²) in [5.74, 6) is 0.768. The highest BCUT2D eigenvalue weighted by atomic mass is 19.2. The van der Waals surface area contributed by atoms with E-state index in [9.17, 15) is 18.0 Å². The molecule has 0 spiro atoms. The monoisotopic (exact) mass is 419 g/mol. The number of aromatic carboxylic acids is 1. The maximum Gasteiger partial charge on any atom is 0.337 e. The molecule has 1 fully saturated rings. The predicted molar refractivity (Wildman–Crippen MR) is 104 cm³/mol. The normalized spacial score (nSPS) is 15.9. The molecule has 5 nitrogen and oxygen atoms in total. The van der Waals surface area contributed by atoms with Crippen LogP contribution in [0.1, 0.15) is 41.6 Å². The van der Waals surface area contributed by atoms with Gasteiger partial charge < -0.3 is 19.9 Å². The minimum absolute atomic E-state index is 0.192. The molecule has 0 aromatic heterocycles. The number of nitrogens with one attached hydrogen (secondary N) is 1. The summed E-state index contributed by atoms with van der Waals surface area (Å²) in [5.41, 5.74) is -0.989. The number of carbonyl (C=O) groups is 1. The number of anilines is 2. The molecule has 2 N–H and O–H groups in total. The molecular formula is C22H20F3NO4. The number of ether oxygens (including phenoxy) is 2. The molecule has 3 rings (SSSR count). The Hall–Kier alpha value is -3.02. The fraction of sp³-hybridized carbons (Fsp3) is 0.318. The highest BCUT2D eigenvalue weighted by Crippen LogP contribution is 2.28. The summed E-state index contributed by atoms with van der Waals surface area (Å²) in [6.07, 6.45) is 3.23. The van der Waals surface area contributed by atoms with Gasteiger partial charge in [-0.2, -0.15) is 0 Å². The average Bonchev–Trinajstić information content (AvgIpc) is 2.73. The van der Waals surface area contributed by atoms with Crippen molar-refractivity contribution in [2.75, 3.05) is 18.5 Å². The van der Waals surface area contributed by atoms with Crippen LogP contribution in [0.2, 0.25) is 0 Å². The first-order valence-corrected chi connectivity index (χ1v) is 9.45. The lowest BCUT2D eigenvalue weighted by atomic mass is 10.1. The maximum absolute atomic E-state index is 14.4. The Labute approximate surface area is 171 Å². The standard InChI is InChI=1S/C22H20F3NO4/c23-16-9-8-15(22(27)28)21(20(16)25)26-18-10-7-14(13-17(18)24)5-1-3-11-29-19-6-2-4-12-30-19/h7-10,13,19,26H,2-4,6,11-12H2,(H,27,28). The lowest BCUT2D eigenvalue weighted by Gasteiger charge is -2.22. The molecule has 8 heteroatoms. The van der Waals surface area contributed by atoms with E-state index in [1.165, 1.54) is 12.1 Å². The number of benzene rings is 2. The Kier molecular flexibility index (Phi) is 7.33. The van der Waals surface area contributed by atoms with Crippen LogP contribution in [0.5, 0.6) is 0 Å². The van der Waals surface area contributed by atoms with Gasteiger partial charge in [0.05, 0.1) is 23.5 Å². The zero-order valence-electron chi connectivity index (χ0n) is 16.0. The number of carboxylic acids is 1. The van der Waals surface area contributed by atoms with Gasteiger partial charge in [-0.1, -0.05) is 11.8 Å². The Morgan fingerprint density at radius 1 is 1.20 bits per heavy atom. The van der Waals surface area contributed by atoms with Gasteiger partial charge in [0.2, 0.25) is 0 Å². The van der Waals surface area contributed by atoms with Crippen molar-refractivity contribution in [1.29, 1.82) is 0 Å². The Morgan fingerprint density at radius 2 is 2.03 bits per heavy atom. The van der Waals surface area contributed by atoms with Crippen LogP contribution in [0, 0.1) is 29.3 Å². The van der Waals surface area contributed by atoms with Gasteiger partial charge in [0.25, 0.3) is 0 Å². The van der Waals surface area contributed by atoms with Gasteiger partial charge in [-0.05, 0) is 49.6 Å². The van der Waals surface area contributed by atoms with Crippen molar-refractivity contribution in [2.24, 2.45) is 0 Å². The highest BCUT2D eigenvalue weighted by Gasteiger charge is 2.19. The van der Waals surface area contributed by atoms with Crippen LogP contribution >= 0.6 is 0 Å². The summed E-state index contributed by atoms with van der Waals surface area (Å²) in [6, 6.07) is 5.49. The maximum atomic E-state index is 14.4. The van der Waals surface area contributed by atoms with Crippen LogP contribution in [0.15, 0.2) is 30.3 Å². The molecule has 0 aliphatic carbocycles. The molecule has 0 radical (unpaired) electrons. The quantitative estimate of drug-likeness (QED) is 0.519. The van der Waals surface area contributed by atoms with Gasteiger partial charge in [0.1, 0.15) is 5.82 Å². The van der Waals surface area contributed by atoms with Crippen molar-refractivity contribution in [3.63, 3.8) is 0 Å². The van der Waals surface area contributed by atoms with E-state index in [4.69, 9.17) is 14.6 Å². The molecule has 1 heterocycles. The van der Waals surface area contributed by atoms with E-state index in [0.29, 0.717) is 31.3 Å². The second kappa shape index (κ2) is 10.1. The van der Waals surface area contributed by atoms with Gasteiger partial charge in [0.15, 0.2) is 17.9 Å². The fourth-order valence-electron chi connectivity index (χ4n) is 2.93. The lowest BCUT2D eigenvalue weighted by Crippen LogP contribution is -2.22. The van der Waals surface area contributed by atoms with Crippen LogP contribution < -0.4 is 5.32 Å². The minimum Gasteiger partial charge on any atom is -0.478 e. The summed E-state index contributed by atoms with van der Waals surface area (Å²) in [4.78, 5) is 11.2. The molecule has 30 heavy (non-hydrogen) atoms. The summed E-state index contributed by atoms with van der Waals surface area (Å²) < 4.78 is 52.9. The first-order chi connectivity index (χ1) is 14.5. The zero-order valence-corrected chi connectivity index (χ0v) is 16.0. The fourth-order valence-corrected chi connectivity index (χ4v) is 2.93. The van der Waals surface area contributed by atoms with Gasteiger partial charge in [-0.3, -0.25) is 0 Å². The molecular weight excluding hydrogens is 399 g/mol. The molecule has 0 saturated carbocycles. The molecule has 1 atom stereocenters. The average molecular weight is 419 g/mol. The minimum atomic E-state index is -1.47. The van der Waals surface area contributed by atoms with Crippen molar-refractivity contribution < 1.29 is 32.5 Å². The van der Waals surface area contributed by atoms with Crippen LogP contribution in [-0.4, -0.2) is 30.6 Å². The van der Waals surface area contributed by atoms with E-state index in [2.05, 4.69) is 17.2 Å². The molecule has 1 unspecified atom stereocenters. The largest absolute Gasteiger partial charge is 0.478 e. The summed E-state index contributed by atoms with van der Waals surface area (Å²) >= 11 is 0. The Bertz CT molecular complexity index is 978. The van der Waals surface area contributed by atoms with E-state index >= 15 is 0 Å². The van der Waals surface area contributed by atoms with Crippen molar-refractivity contribution >= 4 is 17.3 Å². The van der Waals surface area contributed by atoms with E-state index in [0.717, 1.165) is 31.4 Å². The molecule has 158 valence electrons. The first kappa shape index (κ1) is 21.7. The zero-order chi connectivity index (χ0) is 21.5. The van der Waals surface area contributed by atoms with E-state index in [1.54, 1.807) is 0 Å². The van der Waals surface area contributed by atoms with Crippen molar-refractivity contribution in [3.8, 4) is 11.8 Å². The van der Waals surface area contributed by atoms with Crippen molar-refractivity contribution in [3.05, 3.63) is 58.9 Å². The highest BCUT2D eigenvalue weighted by molar-refractivity contribution is 5.95. The van der Waals surface area contributed by atoms with Gasteiger partial charge >= 0.3 is 5.97 Å². The van der Waals surface area contributed by atoms with Crippen molar-refractivity contribution in [2.45, 2.75) is 32.0 Å². The van der Waals surface area contributed by atoms with E-state index < -0.39 is 34.7 Å². The molecule has 0 bridgehead atoms. The van der Waals surface area contributed by atoms with Crippen LogP contribution in [0.4, 0.5) is 24.5 Å². The van der Waals surface area contributed by atoms with Crippen LogP contribution in [0.25, 0.3) is 0 Å². The summed E-state index contributed by atoms with van der Waals surface area (Å²) in [5, 5.41) is 11.5. The number of hydrogen-bond donors (Lipinski definition) is 2. The second-order valence-electron chi connectivity index (χ2n) is 6.63. The molecule has 1 aliphatic heterocycles. The topological polar surface area (TPSA) is 67.8 Å². The molecule has 1 aliphatic rings. The van der Waals surface area contributed by atoms with E-state index in [-0.39, 0.29) is 12.0 Å². The predicted octanol–water partition coefficient (Wildman–Crippen LogP) is 4.83. The third-order valence-electron chi connectivity index (χ3n) is 4.46. The third kappa shape index (κ3) is 5.53. The van der Waals surface area contributed by atoms with Gasteiger partial charge in [0, 0.05) is 18.6 Å². The smallest absolute Gasteiger partial charge is 0.337 e. The molecule has 2 aromatic rings. The molecule has 0 amide bonds. The number of rotatable bonds is 6. The molecule has 2 aromatic carbocycles. The second-order valence-corrected chi connectivity index (χ2v) is 6.63. The number of hydrogen-bond acceptors (Lipinski definition) is 4. The van der Waals surface area contributed by atoms with Gasteiger partial charge in [-0.25, -0.2) is 18.0 Å². The third-order valence-corrected chi connectivity index (χ3v) is 4.46.